The number of H-pyrrole nitrogens is 1. The lowest BCUT2D eigenvalue weighted by molar-refractivity contribution is 0.509. The van der Waals surface area contributed by atoms with Gasteiger partial charge in [-0.2, -0.15) is 0 Å². The number of halogens is 1. The number of aromatic nitrogens is 1. The van der Waals surface area contributed by atoms with Crippen LogP contribution in [0.3, 0.4) is 0 Å². The van der Waals surface area contributed by atoms with E-state index in [9.17, 15) is 13.2 Å². The van der Waals surface area contributed by atoms with Crippen LogP contribution in [0.4, 0.5) is 0 Å². The van der Waals surface area contributed by atoms with Crippen LogP contribution >= 0.6 is 11.6 Å². The van der Waals surface area contributed by atoms with Gasteiger partial charge in [-0.3, -0.25) is 4.79 Å². The quantitative estimate of drug-likeness (QED) is 0.839. The van der Waals surface area contributed by atoms with Crippen molar-refractivity contribution in [3.05, 3.63) is 27.6 Å². The van der Waals surface area contributed by atoms with Gasteiger partial charge in [0, 0.05) is 12.2 Å². The van der Waals surface area contributed by atoms with Crippen LogP contribution in [0.1, 0.15) is 38.5 Å². The smallest absolute Gasteiger partial charge is 0.266 e. The van der Waals surface area contributed by atoms with Crippen LogP contribution in [0.15, 0.2) is 22.0 Å². The first-order valence-corrected chi connectivity index (χ1v) is 8.26. The minimum Gasteiger partial charge on any atom is -0.326 e. The normalized spacial score (nSPS) is 18.2. The predicted octanol–water partition coefficient (Wildman–Crippen LogP) is 2.03. The molecule has 0 atom stereocenters. The Morgan fingerprint density at radius 2 is 1.84 bits per heavy atom. The predicted molar refractivity (Wildman–Crippen MR) is 73.9 cm³/mol. The Balaban J connectivity index is 2.17. The van der Waals surface area contributed by atoms with Crippen molar-refractivity contribution in [2.75, 3.05) is 0 Å². The number of sulfonamides is 1. The molecule has 0 spiro atoms. The molecule has 1 saturated carbocycles. The summed E-state index contributed by atoms with van der Waals surface area (Å²) >= 11 is 5.65. The second-order valence-corrected chi connectivity index (χ2v) is 6.94. The Hall–Kier alpha value is -0.850. The van der Waals surface area contributed by atoms with Gasteiger partial charge in [-0.25, -0.2) is 13.1 Å². The molecule has 0 amide bonds. The van der Waals surface area contributed by atoms with Gasteiger partial charge in [-0.05, 0) is 18.9 Å². The number of rotatable bonds is 3. The van der Waals surface area contributed by atoms with Crippen molar-refractivity contribution in [1.82, 2.24) is 9.71 Å². The van der Waals surface area contributed by atoms with Crippen molar-refractivity contribution >= 4 is 21.6 Å². The maximum absolute atomic E-state index is 12.2. The van der Waals surface area contributed by atoms with E-state index in [0.717, 1.165) is 38.5 Å². The van der Waals surface area contributed by atoms with Crippen LogP contribution in [0.2, 0.25) is 5.02 Å². The molecule has 7 heteroatoms. The van der Waals surface area contributed by atoms with E-state index in [0.29, 0.717) is 0 Å². The van der Waals surface area contributed by atoms with E-state index in [4.69, 9.17) is 11.6 Å². The summed E-state index contributed by atoms with van der Waals surface area (Å²) in [6.45, 7) is 0. The molecule has 0 radical (unpaired) electrons. The summed E-state index contributed by atoms with van der Waals surface area (Å²) < 4.78 is 27.1. The second kappa shape index (κ2) is 6.07. The van der Waals surface area contributed by atoms with E-state index in [1.54, 1.807) is 0 Å². The molecule has 1 aliphatic rings. The average molecular weight is 305 g/mol. The summed E-state index contributed by atoms with van der Waals surface area (Å²) in [5, 5.41) is -0.122. The lowest BCUT2D eigenvalue weighted by atomic mass is 10.1. The maximum atomic E-state index is 12.2. The number of nitrogens with one attached hydrogen (secondary N) is 2. The standard InChI is InChI=1S/C12H17ClN2O3S/c13-11-7-10(8-14-12(11)16)19(17,18)15-9-5-3-1-2-4-6-9/h7-9,15H,1-6H2,(H,14,16). The molecule has 1 aliphatic carbocycles. The summed E-state index contributed by atoms with van der Waals surface area (Å²) in [7, 11) is -3.62. The van der Waals surface area contributed by atoms with Crippen LogP contribution in [0.5, 0.6) is 0 Å². The first-order chi connectivity index (χ1) is 8.99. The van der Waals surface area contributed by atoms with Crippen LogP contribution in [0.25, 0.3) is 0 Å². The highest BCUT2D eigenvalue weighted by molar-refractivity contribution is 7.89. The number of pyridine rings is 1. The number of hydrogen-bond donors (Lipinski definition) is 2. The average Bonchev–Trinajstić information content (AvgIpc) is 2.60. The fraction of sp³-hybridized carbons (Fsp3) is 0.583. The molecule has 1 aromatic rings. The zero-order valence-electron chi connectivity index (χ0n) is 10.5. The lowest BCUT2D eigenvalue weighted by Gasteiger charge is -2.16. The fourth-order valence-electron chi connectivity index (χ4n) is 2.28. The van der Waals surface area contributed by atoms with E-state index in [2.05, 4.69) is 9.71 Å². The largest absolute Gasteiger partial charge is 0.326 e. The van der Waals surface area contributed by atoms with Crippen molar-refractivity contribution in [1.29, 1.82) is 0 Å². The SMILES string of the molecule is O=c1[nH]cc(S(=O)(=O)NC2CCCCCC2)cc1Cl. The summed E-state index contributed by atoms with van der Waals surface area (Å²) in [5.74, 6) is 0. The molecule has 0 aromatic carbocycles. The van der Waals surface area contributed by atoms with E-state index in [1.165, 1.54) is 12.3 Å². The Labute approximate surface area is 117 Å². The first-order valence-electron chi connectivity index (χ1n) is 6.39. The van der Waals surface area contributed by atoms with Crippen molar-refractivity contribution in [2.24, 2.45) is 0 Å². The molecule has 1 fully saturated rings. The number of aromatic amines is 1. The van der Waals surface area contributed by atoms with E-state index >= 15 is 0 Å². The summed E-state index contributed by atoms with van der Waals surface area (Å²) in [4.78, 5) is 13.4. The van der Waals surface area contributed by atoms with Crippen molar-refractivity contribution < 1.29 is 8.42 Å². The fourth-order valence-corrected chi connectivity index (χ4v) is 3.81. The Kier molecular flexibility index (Phi) is 4.65. The summed E-state index contributed by atoms with van der Waals surface area (Å²) in [5.41, 5.74) is -0.491. The molecule has 2 rings (SSSR count). The van der Waals surface area contributed by atoms with Crippen LogP contribution < -0.4 is 10.3 Å². The van der Waals surface area contributed by atoms with E-state index in [1.807, 2.05) is 0 Å². The van der Waals surface area contributed by atoms with Gasteiger partial charge in [-0.15, -0.1) is 0 Å². The maximum Gasteiger partial charge on any atom is 0.266 e. The van der Waals surface area contributed by atoms with Crippen molar-refractivity contribution in [3.8, 4) is 0 Å². The minimum absolute atomic E-state index is 0.00125. The van der Waals surface area contributed by atoms with Gasteiger partial charge in [0.15, 0.2) is 0 Å². The Morgan fingerprint density at radius 3 is 2.42 bits per heavy atom. The van der Waals surface area contributed by atoms with Crippen molar-refractivity contribution in [3.63, 3.8) is 0 Å². The van der Waals surface area contributed by atoms with E-state index in [-0.39, 0.29) is 16.0 Å². The van der Waals surface area contributed by atoms with E-state index < -0.39 is 15.6 Å². The third-order valence-corrected chi connectivity index (χ3v) is 5.10. The van der Waals surface area contributed by atoms with Crippen LogP contribution in [0, 0.1) is 0 Å². The second-order valence-electron chi connectivity index (χ2n) is 4.82. The van der Waals surface area contributed by atoms with Crippen LogP contribution in [-0.2, 0) is 10.0 Å². The zero-order chi connectivity index (χ0) is 13.9. The van der Waals surface area contributed by atoms with Crippen molar-refractivity contribution in [2.45, 2.75) is 49.5 Å². The molecule has 0 bridgehead atoms. The molecule has 1 aromatic heterocycles. The van der Waals surface area contributed by atoms with Crippen LogP contribution in [-0.4, -0.2) is 19.4 Å². The highest BCUT2D eigenvalue weighted by Crippen LogP contribution is 2.19. The summed E-state index contributed by atoms with van der Waals surface area (Å²) in [6.07, 6.45) is 7.28. The first kappa shape index (κ1) is 14.6. The van der Waals surface area contributed by atoms with Gasteiger partial charge in [0.2, 0.25) is 10.0 Å². The minimum atomic E-state index is -3.62. The Morgan fingerprint density at radius 1 is 1.21 bits per heavy atom. The topological polar surface area (TPSA) is 79.0 Å². The van der Waals surface area contributed by atoms with Gasteiger partial charge in [0.05, 0.1) is 4.90 Å². The Bertz CT molecular complexity index is 589. The third-order valence-electron chi connectivity index (χ3n) is 3.32. The zero-order valence-corrected chi connectivity index (χ0v) is 12.1. The third kappa shape index (κ3) is 3.81. The molecule has 0 saturated heterocycles. The molecule has 0 unspecified atom stereocenters. The highest BCUT2D eigenvalue weighted by Gasteiger charge is 2.21. The molecule has 0 aliphatic heterocycles. The van der Waals surface area contributed by atoms with Gasteiger partial charge < -0.3 is 4.98 Å². The van der Waals surface area contributed by atoms with Gasteiger partial charge in [0.25, 0.3) is 5.56 Å². The molecule has 1 heterocycles. The van der Waals surface area contributed by atoms with Gasteiger partial charge >= 0.3 is 0 Å². The molecule has 2 N–H and O–H groups in total. The molecule has 5 nitrogen and oxygen atoms in total. The number of hydrogen-bond acceptors (Lipinski definition) is 3. The lowest BCUT2D eigenvalue weighted by Crippen LogP contribution is -2.34. The summed E-state index contributed by atoms with van der Waals surface area (Å²) in [6, 6.07) is 1.15. The van der Waals surface area contributed by atoms with Gasteiger partial charge in [0.1, 0.15) is 5.02 Å². The molecular formula is C12H17ClN2O3S. The molecular weight excluding hydrogens is 288 g/mol. The van der Waals surface area contributed by atoms with Gasteiger partial charge in [-0.1, -0.05) is 37.3 Å². The highest BCUT2D eigenvalue weighted by atomic mass is 35.5. The monoisotopic (exact) mass is 304 g/mol. The molecule has 19 heavy (non-hydrogen) atoms. The molecule has 106 valence electrons.